The predicted octanol–water partition coefficient (Wildman–Crippen LogP) is 1.55. The van der Waals surface area contributed by atoms with Crippen molar-refractivity contribution < 1.29 is 8.42 Å². The molecule has 2 rings (SSSR count). The second kappa shape index (κ2) is 8.87. The second-order valence-electron chi connectivity index (χ2n) is 6.80. The Labute approximate surface area is 141 Å². The summed E-state index contributed by atoms with van der Waals surface area (Å²) >= 11 is 0. The summed E-state index contributed by atoms with van der Waals surface area (Å²) in [5.41, 5.74) is 0. The van der Waals surface area contributed by atoms with Crippen molar-refractivity contribution in [2.45, 2.75) is 57.9 Å². The zero-order valence-corrected chi connectivity index (χ0v) is 15.4. The van der Waals surface area contributed by atoms with Gasteiger partial charge in [0, 0.05) is 32.2 Å². The van der Waals surface area contributed by atoms with Crippen LogP contribution in [0.2, 0.25) is 0 Å². The molecule has 1 aliphatic carbocycles. The van der Waals surface area contributed by atoms with Gasteiger partial charge in [-0.15, -0.1) is 0 Å². The first kappa shape index (κ1) is 18.5. The average Bonchev–Trinajstić information content (AvgIpc) is 2.53. The summed E-state index contributed by atoms with van der Waals surface area (Å²) < 4.78 is 24.7. The number of hydrogen-bond donors (Lipinski definition) is 2. The molecule has 2 fully saturated rings. The first-order chi connectivity index (χ1) is 11.0. The fourth-order valence-corrected chi connectivity index (χ4v) is 4.28. The molecule has 7 heteroatoms. The molecule has 2 aliphatic rings. The van der Waals surface area contributed by atoms with Crippen LogP contribution in [0.4, 0.5) is 0 Å². The lowest BCUT2D eigenvalue weighted by atomic mass is 9.96. The van der Waals surface area contributed by atoms with Gasteiger partial charge in [0.15, 0.2) is 5.96 Å². The molecule has 2 N–H and O–H groups in total. The number of aliphatic imine (C=N–C) groups is 1. The molecule has 134 valence electrons. The minimum atomic E-state index is -3.04. The Morgan fingerprint density at radius 3 is 2.35 bits per heavy atom. The van der Waals surface area contributed by atoms with Crippen molar-refractivity contribution >= 4 is 16.0 Å². The van der Waals surface area contributed by atoms with Gasteiger partial charge < -0.3 is 10.6 Å². The molecule has 0 aromatic carbocycles. The van der Waals surface area contributed by atoms with Crippen LogP contribution in [0.1, 0.15) is 51.9 Å². The van der Waals surface area contributed by atoms with Crippen molar-refractivity contribution in [1.82, 2.24) is 14.9 Å². The third-order valence-corrected chi connectivity index (χ3v) is 6.14. The Balaban J connectivity index is 1.81. The van der Waals surface area contributed by atoms with E-state index in [1.165, 1.54) is 38.4 Å². The normalized spacial score (nSPS) is 23.0. The van der Waals surface area contributed by atoms with Gasteiger partial charge in [-0.2, -0.15) is 0 Å². The summed E-state index contributed by atoms with van der Waals surface area (Å²) in [6.07, 6.45) is 9.53. The van der Waals surface area contributed by atoms with Crippen LogP contribution >= 0.6 is 0 Å². The van der Waals surface area contributed by atoms with Crippen LogP contribution in [0, 0.1) is 5.92 Å². The first-order valence-electron chi connectivity index (χ1n) is 8.99. The van der Waals surface area contributed by atoms with Crippen LogP contribution in [-0.2, 0) is 10.0 Å². The molecule has 0 atom stereocenters. The maximum Gasteiger partial charge on any atom is 0.211 e. The van der Waals surface area contributed by atoms with Crippen molar-refractivity contribution in [3.05, 3.63) is 0 Å². The lowest BCUT2D eigenvalue weighted by molar-refractivity contribution is 0.280. The Kier molecular flexibility index (Phi) is 7.14. The Hall–Kier alpha value is -0.820. The third-order valence-electron chi connectivity index (χ3n) is 4.84. The topological polar surface area (TPSA) is 73.8 Å². The zero-order valence-electron chi connectivity index (χ0n) is 14.6. The first-order valence-corrected chi connectivity index (χ1v) is 10.8. The van der Waals surface area contributed by atoms with Crippen LogP contribution in [-0.4, -0.2) is 57.2 Å². The van der Waals surface area contributed by atoms with Crippen LogP contribution in [0.5, 0.6) is 0 Å². The van der Waals surface area contributed by atoms with Crippen molar-refractivity contribution in [3.8, 4) is 0 Å². The summed E-state index contributed by atoms with van der Waals surface area (Å²) in [4.78, 5) is 4.74. The minimum absolute atomic E-state index is 0.481. The standard InChI is InChI=1S/C16H32N4O2S/c1-3-17-16(19-15-7-5-4-6-8-15)18-13-14-9-11-20(12-10-14)23(2,21)22/h14-15H,3-13H2,1-2H3,(H2,17,18,19). The van der Waals surface area contributed by atoms with Crippen molar-refractivity contribution in [1.29, 1.82) is 0 Å². The van der Waals surface area contributed by atoms with Gasteiger partial charge in [-0.05, 0) is 38.5 Å². The highest BCUT2D eigenvalue weighted by Gasteiger charge is 2.24. The lowest BCUT2D eigenvalue weighted by Crippen LogP contribution is -2.44. The van der Waals surface area contributed by atoms with E-state index < -0.39 is 10.0 Å². The molecule has 1 saturated heterocycles. The molecule has 0 amide bonds. The minimum Gasteiger partial charge on any atom is -0.357 e. The van der Waals surface area contributed by atoms with E-state index in [0.717, 1.165) is 31.9 Å². The van der Waals surface area contributed by atoms with E-state index in [1.54, 1.807) is 4.31 Å². The average molecular weight is 345 g/mol. The molecule has 0 radical (unpaired) electrons. The van der Waals surface area contributed by atoms with Gasteiger partial charge in [0.25, 0.3) is 0 Å². The summed E-state index contributed by atoms with van der Waals surface area (Å²) in [6.45, 7) is 4.99. The van der Waals surface area contributed by atoms with E-state index in [4.69, 9.17) is 4.99 Å². The number of hydrogen-bond acceptors (Lipinski definition) is 3. The Morgan fingerprint density at radius 1 is 1.13 bits per heavy atom. The molecule has 0 spiro atoms. The van der Waals surface area contributed by atoms with Crippen LogP contribution in [0.25, 0.3) is 0 Å². The van der Waals surface area contributed by atoms with E-state index in [1.807, 2.05) is 0 Å². The van der Waals surface area contributed by atoms with Crippen molar-refractivity contribution in [2.24, 2.45) is 10.9 Å². The van der Waals surface area contributed by atoms with E-state index in [-0.39, 0.29) is 0 Å². The third kappa shape index (κ3) is 6.30. The molecular weight excluding hydrogens is 312 g/mol. The van der Waals surface area contributed by atoms with E-state index in [2.05, 4.69) is 17.6 Å². The number of sulfonamides is 1. The molecule has 0 bridgehead atoms. The maximum absolute atomic E-state index is 11.5. The van der Waals surface area contributed by atoms with Crippen LogP contribution < -0.4 is 10.6 Å². The van der Waals surface area contributed by atoms with Gasteiger partial charge >= 0.3 is 0 Å². The fourth-order valence-electron chi connectivity index (χ4n) is 3.40. The van der Waals surface area contributed by atoms with E-state index in [0.29, 0.717) is 25.0 Å². The summed E-state index contributed by atoms with van der Waals surface area (Å²) in [7, 11) is -3.04. The molecule has 0 aromatic heterocycles. The van der Waals surface area contributed by atoms with Crippen molar-refractivity contribution in [2.75, 3.05) is 32.4 Å². The fraction of sp³-hybridized carbons (Fsp3) is 0.938. The van der Waals surface area contributed by atoms with Gasteiger partial charge in [0.2, 0.25) is 10.0 Å². The SMILES string of the molecule is CCNC(=NCC1CCN(S(C)(=O)=O)CC1)NC1CCCCC1. The number of piperidine rings is 1. The van der Waals surface area contributed by atoms with Gasteiger partial charge in [-0.25, -0.2) is 12.7 Å². The number of nitrogens with one attached hydrogen (secondary N) is 2. The monoisotopic (exact) mass is 344 g/mol. The number of rotatable bonds is 5. The highest BCUT2D eigenvalue weighted by atomic mass is 32.2. The molecule has 1 aliphatic heterocycles. The zero-order chi connectivity index (χ0) is 16.7. The number of guanidine groups is 1. The molecule has 1 saturated carbocycles. The highest BCUT2D eigenvalue weighted by Crippen LogP contribution is 2.20. The van der Waals surface area contributed by atoms with E-state index in [9.17, 15) is 8.42 Å². The molecule has 6 nitrogen and oxygen atoms in total. The van der Waals surface area contributed by atoms with Crippen molar-refractivity contribution in [3.63, 3.8) is 0 Å². The predicted molar refractivity (Wildman–Crippen MR) is 95.1 cm³/mol. The van der Waals surface area contributed by atoms with Crippen LogP contribution in [0.3, 0.4) is 0 Å². The second-order valence-corrected chi connectivity index (χ2v) is 8.79. The number of nitrogens with zero attached hydrogens (tertiary/aromatic N) is 2. The van der Waals surface area contributed by atoms with E-state index >= 15 is 0 Å². The van der Waals surface area contributed by atoms with Gasteiger partial charge in [0.1, 0.15) is 0 Å². The molecule has 0 aromatic rings. The smallest absolute Gasteiger partial charge is 0.211 e. The van der Waals surface area contributed by atoms with Gasteiger partial charge in [-0.1, -0.05) is 19.3 Å². The van der Waals surface area contributed by atoms with Gasteiger partial charge in [0.05, 0.1) is 6.26 Å². The Bertz CT molecular complexity index is 478. The van der Waals surface area contributed by atoms with Gasteiger partial charge in [-0.3, -0.25) is 4.99 Å². The highest BCUT2D eigenvalue weighted by molar-refractivity contribution is 7.88. The summed E-state index contributed by atoms with van der Waals surface area (Å²) in [5.74, 6) is 1.40. The summed E-state index contributed by atoms with van der Waals surface area (Å²) in [5, 5.41) is 6.90. The molecule has 1 heterocycles. The quantitative estimate of drug-likeness (QED) is 0.586. The molecule has 0 unspecified atom stereocenters. The lowest BCUT2D eigenvalue weighted by Gasteiger charge is -2.30. The molecular formula is C16H32N4O2S. The maximum atomic E-state index is 11.5. The Morgan fingerprint density at radius 2 is 1.78 bits per heavy atom. The van der Waals surface area contributed by atoms with Crippen LogP contribution in [0.15, 0.2) is 4.99 Å². The largest absolute Gasteiger partial charge is 0.357 e. The summed E-state index contributed by atoms with van der Waals surface area (Å²) in [6, 6.07) is 0.550. The molecule has 23 heavy (non-hydrogen) atoms.